The van der Waals surface area contributed by atoms with Crippen molar-refractivity contribution < 1.29 is 0 Å². The van der Waals surface area contributed by atoms with Crippen LogP contribution in [-0.4, -0.2) is 24.1 Å². The molecule has 0 saturated carbocycles. The molecule has 0 amide bonds. The highest BCUT2D eigenvalue weighted by atomic mass is 15.2. The van der Waals surface area contributed by atoms with Gasteiger partial charge in [-0.1, -0.05) is 19.9 Å². The van der Waals surface area contributed by atoms with Gasteiger partial charge >= 0.3 is 0 Å². The van der Waals surface area contributed by atoms with E-state index in [-0.39, 0.29) is 6.04 Å². The van der Waals surface area contributed by atoms with Crippen LogP contribution < -0.4 is 10.6 Å². The molecule has 0 aliphatic rings. The van der Waals surface area contributed by atoms with Gasteiger partial charge in [-0.05, 0) is 37.8 Å². The van der Waals surface area contributed by atoms with E-state index in [1.54, 1.807) is 0 Å². The van der Waals surface area contributed by atoms with Gasteiger partial charge in [0.1, 0.15) is 5.82 Å². The molecule has 1 aromatic rings. The normalized spacial score (nSPS) is 12.8. The van der Waals surface area contributed by atoms with Crippen molar-refractivity contribution in [2.45, 2.75) is 52.1 Å². The fraction of sp³-hybridized carbons (Fsp3) is 0.643. The van der Waals surface area contributed by atoms with E-state index in [9.17, 15) is 0 Å². The number of aromatic nitrogens is 1. The maximum Gasteiger partial charge on any atom is 0.128 e. The standard InChI is InChI=1S/C14H25N3/c1-5-13(6-2)17(4)14-8-7-12(10-16-14)9-11(3)15/h7-8,10-11,13H,5-6,9,15H2,1-4H3. The lowest BCUT2D eigenvalue weighted by Gasteiger charge is -2.27. The first kappa shape index (κ1) is 14.0. The molecule has 3 nitrogen and oxygen atoms in total. The molecule has 1 heterocycles. The molecule has 0 radical (unpaired) electrons. The minimum absolute atomic E-state index is 0.194. The molecule has 96 valence electrons. The molecule has 17 heavy (non-hydrogen) atoms. The average molecular weight is 235 g/mol. The molecule has 2 N–H and O–H groups in total. The van der Waals surface area contributed by atoms with Crippen molar-refractivity contribution in [2.75, 3.05) is 11.9 Å². The Kier molecular flexibility index (Phi) is 5.42. The van der Waals surface area contributed by atoms with Gasteiger partial charge in [-0.15, -0.1) is 0 Å². The SMILES string of the molecule is CCC(CC)N(C)c1ccc(CC(C)N)cn1. The lowest BCUT2D eigenvalue weighted by atomic mass is 10.1. The fourth-order valence-corrected chi connectivity index (χ4v) is 2.14. The molecule has 0 fully saturated rings. The summed E-state index contributed by atoms with van der Waals surface area (Å²) >= 11 is 0. The maximum atomic E-state index is 5.78. The summed E-state index contributed by atoms with van der Waals surface area (Å²) in [5, 5.41) is 0. The first-order valence-corrected chi connectivity index (χ1v) is 6.51. The van der Waals surface area contributed by atoms with Crippen LogP contribution in [0.4, 0.5) is 5.82 Å². The molecule has 1 aromatic heterocycles. The maximum absolute atomic E-state index is 5.78. The quantitative estimate of drug-likeness (QED) is 0.824. The second-order valence-electron chi connectivity index (χ2n) is 4.79. The van der Waals surface area contributed by atoms with E-state index in [0.29, 0.717) is 6.04 Å². The minimum atomic E-state index is 0.194. The monoisotopic (exact) mass is 235 g/mol. The van der Waals surface area contributed by atoms with Crippen molar-refractivity contribution in [3.8, 4) is 0 Å². The van der Waals surface area contributed by atoms with Crippen molar-refractivity contribution in [3.63, 3.8) is 0 Å². The second-order valence-corrected chi connectivity index (χ2v) is 4.79. The van der Waals surface area contributed by atoms with E-state index in [2.05, 4.69) is 42.9 Å². The molecule has 0 spiro atoms. The number of nitrogens with zero attached hydrogens (tertiary/aromatic N) is 2. The Morgan fingerprint density at radius 1 is 1.29 bits per heavy atom. The Hall–Kier alpha value is -1.09. The van der Waals surface area contributed by atoms with E-state index in [1.165, 1.54) is 5.56 Å². The molecule has 1 atom stereocenters. The molecule has 1 rings (SSSR count). The van der Waals surface area contributed by atoms with Crippen LogP contribution >= 0.6 is 0 Å². The first-order chi connectivity index (χ1) is 8.08. The van der Waals surface area contributed by atoms with Crippen LogP contribution in [0.3, 0.4) is 0 Å². The highest BCUT2D eigenvalue weighted by Gasteiger charge is 2.11. The predicted octanol–water partition coefficient (Wildman–Crippen LogP) is 2.60. The summed E-state index contributed by atoms with van der Waals surface area (Å²) in [7, 11) is 2.12. The molecule has 1 unspecified atom stereocenters. The van der Waals surface area contributed by atoms with Gasteiger partial charge in [0.2, 0.25) is 0 Å². The van der Waals surface area contributed by atoms with Crippen LogP contribution in [0.2, 0.25) is 0 Å². The Bertz CT molecular complexity index is 315. The Morgan fingerprint density at radius 2 is 1.94 bits per heavy atom. The molecular weight excluding hydrogens is 210 g/mol. The summed E-state index contributed by atoms with van der Waals surface area (Å²) in [6.45, 7) is 6.45. The van der Waals surface area contributed by atoms with E-state index >= 15 is 0 Å². The third kappa shape index (κ3) is 4.00. The van der Waals surface area contributed by atoms with Gasteiger partial charge in [0.05, 0.1) is 0 Å². The number of pyridine rings is 1. The minimum Gasteiger partial charge on any atom is -0.357 e. The van der Waals surface area contributed by atoms with Crippen molar-refractivity contribution in [2.24, 2.45) is 5.73 Å². The lowest BCUT2D eigenvalue weighted by molar-refractivity contribution is 0.586. The van der Waals surface area contributed by atoms with Crippen molar-refractivity contribution in [3.05, 3.63) is 23.9 Å². The number of anilines is 1. The van der Waals surface area contributed by atoms with Gasteiger partial charge < -0.3 is 10.6 Å². The van der Waals surface area contributed by atoms with Crippen LogP contribution in [0.15, 0.2) is 18.3 Å². The number of hydrogen-bond donors (Lipinski definition) is 1. The zero-order valence-electron chi connectivity index (χ0n) is 11.5. The van der Waals surface area contributed by atoms with Gasteiger partial charge in [0, 0.05) is 25.3 Å². The third-order valence-electron chi connectivity index (χ3n) is 3.22. The summed E-state index contributed by atoms with van der Waals surface area (Å²) in [6, 6.07) is 4.99. The molecule has 0 aliphatic carbocycles. The summed E-state index contributed by atoms with van der Waals surface area (Å²) in [6.07, 6.45) is 5.13. The molecule has 0 saturated heterocycles. The van der Waals surface area contributed by atoms with Gasteiger partial charge in [0.15, 0.2) is 0 Å². The number of hydrogen-bond acceptors (Lipinski definition) is 3. The van der Waals surface area contributed by atoms with Gasteiger partial charge in [-0.25, -0.2) is 4.98 Å². The van der Waals surface area contributed by atoms with E-state index < -0.39 is 0 Å². The van der Waals surface area contributed by atoms with Crippen LogP contribution in [0.1, 0.15) is 39.2 Å². The van der Waals surface area contributed by atoms with Gasteiger partial charge in [-0.3, -0.25) is 0 Å². The molecule has 0 bridgehead atoms. The smallest absolute Gasteiger partial charge is 0.128 e. The van der Waals surface area contributed by atoms with Crippen LogP contribution in [0.5, 0.6) is 0 Å². The highest BCUT2D eigenvalue weighted by molar-refractivity contribution is 5.39. The van der Waals surface area contributed by atoms with Crippen LogP contribution in [0.25, 0.3) is 0 Å². The average Bonchev–Trinajstić information content (AvgIpc) is 2.30. The van der Waals surface area contributed by atoms with Crippen molar-refractivity contribution >= 4 is 5.82 Å². The summed E-state index contributed by atoms with van der Waals surface area (Å²) in [5.41, 5.74) is 6.99. The molecule has 0 aliphatic heterocycles. The molecule has 3 heteroatoms. The van der Waals surface area contributed by atoms with Gasteiger partial charge in [-0.2, -0.15) is 0 Å². The number of rotatable bonds is 6. The zero-order chi connectivity index (χ0) is 12.8. The fourth-order valence-electron chi connectivity index (χ4n) is 2.14. The Balaban J connectivity index is 2.72. The van der Waals surface area contributed by atoms with E-state index in [4.69, 9.17) is 5.73 Å². The summed E-state index contributed by atoms with van der Waals surface area (Å²) in [4.78, 5) is 6.78. The van der Waals surface area contributed by atoms with E-state index in [1.807, 2.05) is 13.1 Å². The molecular formula is C14H25N3. The summed E-state index contributed by atoms with van der Waals surface area (Å²) < 4.78 is 0. The number of nitrogens with two attached hydrogens (primary N) is 1. The first-order valence-electron chi connectivity index (χ1n) is 6.51. The van der Waals surface area contributed by atoms with Crippen molar-refractivity contribution in [1.29, 1.82) is 0 Å². The highest BCUT2D eigenvalue weighted by Crippen LogP contribution is 2.16. The Labute approximate surface area is 105 Å². The predicted molar refractivity (Wildman–Crippen MR) is 74.4 cm³/mol. The zero-order valence-corrected chi connectivity index (χ0v) is 11.5. The van der Waals surface area contributed by atoms with Crippen molar-refractivity contribution in [1.82, 2.24) is 4.98 Å². The lowest BCUT2D eigenvalue weighted by Crippen LogP contribution is -2.31. The Morgan fingerprint density at radius 3 is 2.35 bits per heavy atom. The molecule has 0 aromatic carbocycles. The van der Waals surface area contributed by atoms with Gasteiger partial charge in [0.25, 0.3) is 0 Å². The van der Waals surface area contributed by atoms with E-state index in [0.717, 1.165) is 25.1 Å². The van der Waals surface area contributed by atoms with Crippen LogP contribution in [-0.2, 0) is 6.42 Å². The summed E-state index contributed by atoms with van der Waals surface area (Å²) in [5.74, 6) is 1.05. The largest absolute Gasteiger partial charge is 0.357 e. The van der Waals surface area contributed by atoms with Crippen LogP contribution in [0, 0.1) is 0 Å². The topological polar surface area (TPSA) is 42.1 Å². The second kappa shape index (κ2) is 6.60. The third-order valence-corrected chi connectivity index (χ3v) is 3.22.